The summed E-state index contributed by atoms with van der Waals surface area (Å²) in [6, 6.07) is 0.355. The Balaban J connectivity index is 2.41. The van der Waals surface area contributed by atoms with E-state index in [1.165, 1.54) is 6.42 Å². The van der Waals surface area contributed by atoms with E-state index >= 15 is 0 Å². The Kier molecular flexibility index (Phi) is 1.78. The van der Waals surface area contributed by atoms with Crippen LogP contribution in [0.4, 0.5) is 0 Å². The lowest BCUT2D eigenvalue weighted by Gasteiger charge is -2.32. The number of nitrogens with two attached hydrogens (primary N) is 2. The van der Waals surface area contributed by atoms with E-state index in [1.807, 2.05) is 0 Å². The minimum Gasteiger partial charge on any atom is -0.328 e. The molecule has 2 atom stereocenters. The minimum atomic E-state index is 0.0255. The third-order valence-electron chi connectivity index (χ3n) is 2.05. The van der Waals surface area contributed by atoms with Crippen LogP contribution in [-0.2, 0) is 0 Å². The normalized spacial score (nSPS) is 45.0. The highest BCUT2D eigenvalue weighted by molar-refractivity contribution is 4.87. The largest absolute Gasteiger partial charge is 0.328 e. The Bertz CT molecular complexity index is 99.1. The van der Waals surface area contributed by atoms with E-state index in [2.05, 4.69) is 6.92 Å². The van der Waals surface area contributed by atoms with Crippen molar-refractivity contribution in [2.45, 2.75) is 44.2 Å². The molecule has 0 spiro atoms. The molecule has 0 heterocycles. The van der Waals surface area contributed by atoms with Crippen molar-refractivity contribution in [2.24, 2.45) is 11.5 Å². The van der Waals surface area contributed by atoms with E-state index in [4.69, 9.17) is 11.5 Å². The van der Waals surface area contributed by atoms with E-state index in [0.717, 1.165) is 19.3 Å². The molecule has 9 heavy (non-hydrogen) atoms. The molecule has 0 aromatic heterocycles. The van der Waals surface area contributed by atoms with Crippen LogP contribution in [0, 0.1) is 0 Å². The summed E-state index contributed by atoms with van der Waals surface area (Å²) in [4.78, 5) is 0. The van der Waals surface area contributed by atoms with Crippen molar-refractivity contribution in [1.82, 2.24) is 0 Å². The van der Waals surface area contributed by atoms with Crippen molar-refractivity contribution in [3.63, 3.8) is 0 Å². The molecule has 0 aliphatic heterocycles. The monoisotopic (exact) mass is 128 g/mol. The predicted octanol–water partition coefficient (Wildman–Crippen LogP) is 0.605. The molecule has 0 bridgehead atoms. The molecule has 2 heteroatoms. The van der Waals surface area contributed by atoms with Crippen LogP contribution in [0.2, 0.25) is 0 Å². The van der Waals surface area contributed by atoms with Crippen molar-refractivity contribution in [2.75, 3.05) is 0 Å². The lowest BCUT2D eigenvalue weighted by atomic mass is 9.82. The molecule has 1 aliphatic rings. The summed E-state index contributed by atoms with van der Waals surface area (Å²) in [6.07, 6.45) is 4.49. The van der Waals surface area contributed by atoms with Crippen molar-refractivity contribution in [1.29, 1.82) is 0 Å². The van der Waals surface area contributed by atoms with E-state index in [9.17, 15) is 0 Å². The lowest BCUT2D eigenvalue weighted by Crippen LogP contribution is -2.45. The van der Waals surface area contributed by atoms with Gasteiger partial charge in [-0.2, -0.15) is 0 Å². The fourth-order valence-corrected chi connectivity index (χ4v) is 1.57. The van der Waals surface area contributed by atoms with Gasteiger partial charge in [-0.1, -0.05) is 6.42 Å². The number of rotatable bonds is 0. The highest BCUT2D eigenvalue weighted by Gasteiger charge is 2.25. The number of hydrogen-bond donors (Lipinski definition) is 2. The zero-order valence-electron chi connectivity index (χ0n) is 6.06. The predicted molar refractivity (Wildman–Crippen MR) is 39.0 cm³/mol. The SMILES string of the molecule is C[C@@]1(N)CCC[C@@H](N)C1. The quantitative estimate of drug-likeness (QED) is 0.502. The molecular formula is C7H16N2. The van der Waals surface area contributed by atoms with Crippen molar-refractivity contribution in [3.05, 3.63) is 0 Å². The molecule has 0 aromatic carbocycles. The first-order valence-electron chi connectivity index (χ1n) is 3.65. The van der Waals surface area contributed by atoms with Crippen molar-refractivity contribution >= 4 is 0 Å². The average Bonchev–Trinajstić information content (AvgIpc) is 1.60. The summed E-state index contributed by atoms with van der Waals surface area (Å²) in [5.74, 6) is 0. The molecule has 0 amide bonds. The first-order chi connectivity index (χ1) is 4.10. The second-order valence-corrected chi connectivity index (χ2v) is 3.51. The van der Waals surface area contributed by atoms with E-state index < -0.39 is 0 Å². The summed E-state index contributed by atoms with van der Waals surface area (Å²) in [6.45, 7) is 2.09. The molecule has 4 N–H and O–H groups in total. The lowest BCUT2D eigenvalue weighted by molar-refractivity contribution is 0.292. The maximum atomic E-state index is 5.89. The van der Waals surface area contributed by atoms with Gasteiger partial charge in [-0.15, -0.1) is 0 Å². The van der Waals surface area contributed by atoms with Crippen LogP contribution in [0.3, 0.4) is 0 Å². The summed E-state index contributed by atoms with van der Waals surface area (Å²) in [7, 11) is 0. The highest BCUT2D eigenvalue weighted by atomic mass is 14.8. The van der Waals surface area contributed by atoms with Crippen LogP contribution in [0.1, 0.15) is 32.6 Å². The van der Waals surface area contributed by atoms with Crippen LogP contribution in [0.5, 0.6) is 0 Å². The average molecular weight is 128 g/mol. The Morgan fingerprint density at radius 2 is 2.22 bits per heavy atom. The van der Waals surface area contributed by atoms with Crippen LogP contribution in [-0.4, -0.2) is 11.6 Å². The van der Waals surface area contributed by atoms with Gasteiger partial charge in [0.15, 0.2) is 0 Å². The highest BCUT2D eigenvalue weighted by Crippen LogP contribution is 2.23. The number of hydrogen-bond acceptors (Lipinski definition) is 2. The molecule has 1 saturated carbocycles. The van der Waals surface area contributed by atoms with Gasteiger partial charge in [-0.05, 0) is 26.2 Å². The smallest absolute Gasteiger partial charge is 0.0140 e. The van der Waals surface area contributed by atoms with Crippen LogP contribution in [0.25, 0.3) is 0 Å². The third kappa shape index (κ3) is 1.95. The second-order valence-electron chi connectivity index (χ2n) is 3.51. The fraction of sp³-hybridized carbons (Fsp3) is 1.00. The zero-order chi connectivity index (χ0) is 6.91. The molecule has 0 aromatic rings. The van der Waals surface area contributed by atoms with E-state index in [0.29, 0.717) is 6.04 Å². The molecule has 0 unspecified atom stereocenters. The standard InChI is InChI=1S/C7H16N2/c1-7(9)4-2-3-6(8)5-7/h6H,2-5,8-9H2,1H3/t6-,7-/m1/s1. The second kappa shape index (κ2) is 2.27. The van der Waals surface area contributed by atoms with Gasteiger partial charge < -0.3 is 11.5 Å². The topological polar surface area (TPSA) is 52.0 Å². The fourth-order valence-electron chi connectivity index (χ4n) is 1.57. The van der Waals surface area contributed by atoms with E-state index in [1.54, 1.807) is 0 Å². The minimum absolute atomic E-state index is 0.0255. The summed E-state index contributed by atoms with van der Waals surface area (Å²) < 4.78 is 0. The molecule has 0 radical (unpaired) electrons. The molecular weight excluding hydrogens is 112 g/mol. The molecule has 1 aliphatic carbocycles. The van der Waals surface area contributed by atoms with Gasteiger partial charge >= 0.3 is 0 Å². The van der Waals surface area contributed by atoms with E-state index in [-0.39, 0.29) is 5.54 Å². The van der Waals surface area contributed by atoms with Crippen molar-refractivity contribution < 1.29 is 0 Å². The first-order valence-corrected chi connectivity index (χ1v) is 3.65. The summed E-state index contributed by atoms with van der Waals surface area (Å²) in [5, 5.41) is 0. The molecule has 2 nitrogen and oxygen atoms in total. The molecule has 1 rings (SSSR count). The van der Waals surface area contributed by atoms with Gasteiger partial charge in [0.05, 0.1) is 0 Å². The first kappa shape index (κ1) is 7.03. The molecule has 1 fully saturated rings. The maximum Gasteiger partial charge on any atom is 0.0140 e. The Labute approximate surface area is 56.6 Å². The van der Waals surface area contributed by atoms with Crippen LogP contribution >= 0.6 is 0 Å². The van der Waals surface area contributed by atoms with Gasteiger partial charge in [-0.25, -0.2) is 0 Å². The van der Waals surface area contributed by atoms with Gasteiger partial charge in [0.25, 0.3) is 0 Å². The van der Waals surface area contributed by atoms with Crippen LogP contribution < -0.4 is 11.5 Å². The zero-order valence-corrected chi connectivity index (χ0v) is 6.06. The van der Waals surface area contributed by atoms with Gasteiger partial charge in [-0.3, -0.25) is 0 Å². The summed E-state index contributed by atoms with van der Waals surface area (Å²) in [5.41, 5.74) is 11.6. The Morgan fingerprint density at radius 1 is 1.56 bits per heavy atom. The molecule has 54 valence electrons. The maximum absolute atomic E-state index is 5.89. The van der Waals surface area contributed by atoms with Crippen LogP contribution in [0.15, 0.2) is 0 Å². The Morgan fingerprint density at radius 3 is 2.56 bits per heavy atom. The van der Waals surface area contributed by atoms with Gasteiger partial charge in [0.2, 0.25) is 0 Å². The third-order valence-corrected chi connectivity index (χ3v) is 2.05. The Hall–Kier alpha value is -0.0800. The summed E-state index contributed by atoms with van der Waals surface area (Å²) >= 11 is 0. The van der Waals surface area contributed by atoms with Crippen molar-refractivity contribution in [3.8, 4) is 0 Å². The van der Waals surface area contributed by atoms with Gasteiger partial charge in [0.1, 0.15) is 0 Å². The molecule has 0 saturated heterocycles. The van der Waals surface area contributed by atoms with Gasteiger partial charge in [0, 0.05) is 11.6 Å².